The molecule has 1 atom stereocenters. The molecular weight excluding hydrogens is 2020 g/mol. The van der Waals surface area contributed by atoms with Gasteiger partial charge in [-0.2, -0.15) is 13.7 Å². The maximum atomic E-state index is 9.87. The molecule has 13 aromatic carbocycles. The maximum absolute atomic E-state index is 10.7. The first-order valence-electron chi connectivity index (χ1n) is 49.3. The fourth-order valence-corrected chi connectivity index (χ4v) is 23.9. The molecule has 0 spiro atoms. The van der Waals surface area contributed by atoms with E-state index in [4.69, 9.17) is 0 Å². The van der Waals surface area contributed by atoms with E-state index in [0.717, 1.165) is 18.9 Å². The fraction of sp³-hybridized carbons (Fsp3) is 0.308. The molecule has 2 saturated carbocycles. The van der Waals surface area contributed by atoms with Crippen molar-refractivity contribution >= 4 is 139 Å². The zero-order valence-corrected chi connectivity index (χ0v) is 90.8. The topological polar surface area (TPSA) is 18.8 Å². The third-order valence-electron chi connectivity index (χ3n) is 30.0. The van der Waals surface area contributed by atoms with Gasteiger partial charge in [-0.1, -0.05) is 311 Å². The van der Waals surface area contributed by atoms with Gasteiger partial charge in [0.15, 0.2) is 17.1 Å². The Kier molecular flexibility index (Phi) is 31.4. The standard InChI is InChI=1S/C41H47N2.C39H37N2.C33H33N2.C5H10.2CH3.3F6P.Fe/c1-40(2)36(42(5)34-26-24-30-18-8-10-20-32(30)38(34)40)22-14-23-37-41(3,4)39-33-21-11-9-19-31(33)25-27-35(39)43(37)28-13-12-17-29-15-6-7-16-29;1-38(2)34(40(4)32-24-22-28-16-9-11-18-30(28)36(32)38)20-13-21-35-39(3,26-27-14-7-6-8-15-27)37-31-19-12-10-17-29(31)23-25-33(37)41(35)5;1-32(2)28(34(5)26-20-18-22-12-7-9-14-24(22)30(26)32)16-11-17-29-33(3,4)31-25-15-10-8-13-23(25)19-21-27(31)35(29)6;1-2-4-5-3-1;;;3*1-7(2,3,4,5)6;/h8-11,14,18-27,29H,6-7,12-13,15-17,28H2,1-5H3;6-25H,26H2,1-5H3;7-21H,1-6H3;1-5H2;2*1H3;;;;/q3*+1;;5*-1;+2. The van der Waals surface area contributed by atoms with Crippen LogP contribution >= 0.6 is 23.4 Å². The molecule has 2 fully saturated rings. The van der Waals surface area contributed by atoms with Crippen LogP contribution in [0.5, 0.6) is 0 Å². The van der Waals surface area contributed by atoms with Gasteiger partial charge in [-0.15, -0.1) is 0 Å². The van der Waals surface area contributed by atoms with Crippen LogP contribution in [0.15, 0.2) is 320 Å². The van der Waals surface area contributed by atoms with Gasteiger partial charge < -0.3 is 29.6 Å². The molecule has 28 heteroatoms. The Morgan fingerprint density at radius 1 is 0.297 bits per heavy atom. The van der Waals surface area contributed by atoms with E-state index in [9.17, 15) is 75.5 Å². The first-order chi connectivity index (χ1) is 67.2. The average molecular weight is 2150 g/mol. The van der Waals surface area contributed by atoms with Gasteiger partial charge in [0.25, 0.3) is 0 Å². The number of unbranched alkanes of at least 4 members (excludes halogenated alkanes) is 1. The molecule has 0 radical (unpaired) electrons. The van der Waals surface area contributed by atoms with Gasteiger partial charge in [-0.3, -0.25) is 0 Å². The van der Waals surface area contributed by atoms with E-state index in [2.05, 4.69) is 443 Å². The fourth-order valence-electron chi connectivity index (χ4n) is 23.9. The summed E-state index contributed by atoms with van der Waals surface area (Å²) in [6, 6.07) is 91.2. The minimum absolute atomic E-state index is 0. The van der Waals surface area contributed by atoms with Crippen LogP contribution in [0.3, 0.4) is 0 Å². The molecule has 0 bridgehead atoms. The number of halogens is 18. The normalized spacial score (nSPS) is 20.3. The summed E-state index contributed by atoms with van der Waals surface area (Å²) in [6.45, 7) is 27.2. The van der Waals surface area contributed by atoms with Crippen LogP contribution in [0.25, 0.3) is 64.6 Å². The summed E-state index contributed by atoms with van der Waals surface area (Å²) in [4.78, 5) is 7.42. The summed E-state index contributed by atoms with van der Waals surface area (Å²) in [5.74, 6) is 0.967. The number of hydrogen-bond acceptors (Lipinski definition) is 3. The predicted octanol–water partition coefficient (Wildman–Crippen LogP) is 40.5. The predicted molar refractivity (Wildman–Crippen MR) is 587 cm³/mol. The average Bonchev–Trinajstić information content (AvgIpc) is 1.57. The molecule has 0 N–H and O–H groups in total. The number of fused-ring (bicyclic) bond motifs is 18. The van der Waals surface area contributed by atoms with E-state index >= 15 is 0 Å². The summed E-state index contributed by atoms with van der Waals surface area (Å²) < 4.78 is 185. The van der Waals surface area contributed by atoms with E-state index in [-0.39, 0.29) is 64.4 Å². The third kappa shape index (κ3) is 26.3. The summed E-state index contributed by atoms with van der Waals surface area (Å²) in [5, 5.41) is 16.0. The second-order valence-corrected chi connectivity index (χ2v) is 48.1. The van der Waals surface area contributed by atoms with E-state index in [1.807, 2.05) is 0 Å². The Balaban J connectivity index is 0.000000174. The molecule has 1 unspecified atom stereocenters. The van der Waals surface area contributed by atoms with Crippen molar-refractivity contribution in [3.8, 4) is 0 Å². The Hall–Kier alpha value is -11.2. The second kappa shape index (κ2) is 40.2. The van der Waals surface area contributed by atoms with Gasteiger partial charge in [-0.05, 0) is 209 Å². The van der Waals surface area contributed by atoms with Crippen LogP contribution in [0.4, 0.5) is 110 Å². The van der Waals surface area contributed by atoms with Crippen LogP contribution in [-0.4, -0.2) is 72.6 Å². The van der Waals surface area contributed by atoms with E-state index in [1.165, 1.54) is 249 Å². The largest absolute Gasteiger partial charge is 2.00 e. The molecule has 792 valence electrons. The van der Waals surface area contributed by atoms with Crippen molar-refractivity contribution in [1.82, 2.24) is 0 Å². The Morgan fingerprint density at radius 3 is 0.905 bits per heavy atom. The van der Waals surface area contributed by atoms with Crippen LogP contribution in [0, 0.1) is 20.8 Å². The number of allylic oxidation sites excluding steroid dienone is 12. The number of nitrogens with zero attached hydrogens (tertiary/aromatic N) is 6. The van der Waals surface area contributed by atoms with Crippen molar-refractivity contribution in [2.24, 2.45) is 5.92 Å². The molecule has 21 rings (SSSR count). The summed E-state index contributed by atoms with van der Waals surface area (Å²) in [6.07, 6.45) is 39.2. The molecule has 148 heavy (non-hydrogen) atoms. The van der Waals surface area contributed by atoms with Crippen LogP contribution < -0.4 is 14.7 Å². The SMILES string of the molecule is C1CCCC1.CN1/C(=C/C=C/C2=[N+](C)c3ccc4ccccc4c3C2(C)C)C(C)(C)c2c1ccc1ccccc21.CN1C(=CC=CC2=[N+](C)c3ccc4ccccc4c3C2(C)C)C(C)(Cc2ccccc2)c2c1ccc1ccccc21.C[N+]1=C(/C=C/C=C2/N(CCCCC3CCCC3)c3ccc4ccccc4c3C2(C)C)C(C)(C)c2c1ccc1ccccc21.F[P-](F)(F)(F)(F)F.F[P-](F)(F)(F)(F)F.F[P-](F)(F)(F)(F)F.[CH3-].[CH3-].[Fe+2]. The Bertz CT molecular complexity index is 7450. The molecule has 6 nitrogen and oxygen atoms in total. The van der Waals surface area contributed by atoms with Gasteiger partial charge >= 0.3 is 116 Å². The van der Waals surface area contributed by atoms with E-state index < -0.39 is 23.4 Å². The number of likely N-dealkylation sites (N-methyl/N-ethyl adjacent to an activating group) is 2. The number of anilines is 3. The molecular formula is C120H133F18FeN6P3. The zero-order chi connectivity index (χ0) is 105. The second-order valence-electron chi connectivity index (χ2n) is 42.3. The van der Waals surface area contributed by atoms with Crippen molar-refractivity contribution in [2.45, 2.75) is 192 Å². The molecule has 13 aromatic rings. The van der Waals surface area contributed by atoms with Crippen molar-refractivity contribution in [1.29, 1.82) is 0 Å². The van der Waals surface area contributed by atoms with Crippen molar-refractivity contribution in [3.63, 3.8) is 0 Å². The Morgan fingerprint density at radius 2 is 0.561 bits per heavy atom. The van der Waals surface area contributed by atoms with Gasteiger partial charge in [0.2, 0.25) is 17.1 Å². The number of hydrogen-bond donors (Lipinski definition) is 0. The molecule has 0 saturated heterocycles. The first kappa shape index (κ1) is 116. The zero-order valence-electron chi connectivity index (χ0n) is 87.0. The van der Waals surface area contributed by atoms with Crippen molar-refractivity contribution in [3.05, 3.63) is 374 Å². The van der Waals surface area contributed by atoms with Crippen molar-refractivity contribution in [2.75, 3.05) is 56.5 Å². The van der Waals surface area contributed by atoms with Gasteiger partial charge in [0, 0.05) is 124 Å². The minimum atomic E-state index is -10.7. The van der Waals surface area contributed by atoms with E-state index in [1.54, 1.807) is 0 Å². The minimum Gasteiger partial charge on any atom is -0.358 e. The Labute approximate surface area is 869 Å². The summed E-state index contributed by atoms with van der Waals surface area (Å²) >= 11 is 0. The summed E-state index contributed by atoms with van der Waals surface area (Å²) in [7, 11) is -20.9. The number of benzene rings is 13. The smallest absolute Gasteiger partial charge is 0.358 e. The third-order valence-corrected chi connectivity index (χ3v) is 30.0. The van der Waals surface area contributed by atoms with Crippen molar-refractivity contribution < 1.29 is 106 Å². The molecule has 6 heterocycles. The molecule has 2 aliphatic carbocycles. The van der Waals surface area contributed by atoms with Gasteiger partial charge in [0.05, 0.1) is 16.2 Å². The summed E-state index contributed by atoms with van der Waals surface area (Å²) in [5.41, 5.74) is 25.3. The van der Waals surface area contributed by atoms with Crippen LogP contribution in [0.2, 0.25) is 0 Å². The quantitative estimate of drug-likeness (QED) is 0.0286. The monoisotopic (exact) mass is 2150 g/mol. The van der Waals surface area contributed by atoms with Gasteiger partial charge in [-0.25, -0.2) is 0 Å². The van der Waals surface area contributed by atoms with Gasteiger partial charge in [0.1, 0.15) is 21.1 Å². The number of rotatable bonds is 13. The maximum Gasteiger partial charge on any atom is 2.00 e. The molecule has 6 aliphatic heterocycles. The first-order valence-corrected chi connectivity index (χ1v) is 55.4. The van der Waals surface area contributed by atoms with Crippen LogP contribution in [-0.2, 0) is 56.0 Å². The molecule has 8 aliphatic rings. The molecule has 0 aromatic heterocycles. The van der Waals surface area contributed by atoms with Crippen LogP contribution in [0.1, 0.15) is 192 Å². The molecule has 0 amide bonds. The van der Waals surface area contributed by atoms with E-state index in [0.29, 0.717) is 0 Å².